The molecule has 0 amide bonds. The molecular weight excluding hydrogens is 899 g/mol. The number of hydrogen-bond donors (Lipinski definition) is 0. The van der Waals surface area contributed by atoms with Crippen molar-refractivity contribution in [2.75, 3.05) is 48.6 Å². The topological polar surface area (TPSA) is 93.2 Å². The maximum Gasteiger partial charge on any atom is 0.181 e. The quantitative estimate of drug-likeness (QED) is 0.145. The van der Waals surface area contributed by atoms with Gasteiger partial charge in [0, 0.05) is 47.4 Å². The van der Waals surface area contributed by atoms with Crippen LogP contribution in [-0.2, 0) is 19.7 Å². The van der Waals surface area contributed by atoms with E-state index >= 15 is 0 Å². The highest BCUT2D eigenvalue weighted by molar-refractivity contribution is 14.1. The van der Waals surface area contributed by atoms with Crippen LogP contribution in [0, 0.1) is 14.4 Å². The second-order valence-electron chi connectivity index (χ2n) is 14.5. The molecule has 54 heavy (non-hydrogen) atoms. The van der Waals surface area contributed by atoms with E-state index in [1.54, 1.807) is 26.4 Å². The number of sulfone groups is 2. The van der Waals surface area contributed by atoms with Gasteiger partial charge in [0.05, 0.1) is 54.9 Å². The van der Waals surface area contributed by atoms with Gasteiger partial charge >= 0.3 is 0 Å². The van der Waals surface area contributed by atoms with Gasteiger partial charge in [-0.2, -0.15) is 0 Å². The fraction of sp³-hybridized carbons (Fsp3) is 0.429. The van der Waals surface area contributed by atoms with Crippen LogP contribution in [0.4, 0.5) is 22.7 Å². The Morgan fingerprint density at radius 3 is 1.44 bits per heavy atom. The van der Waals surface area contributed by atoms with Gasteiger partial charge in [-0.25, -0.2) is 16.8 Å². The summed E-state index contributed by atoms with van der Waals surface area (Å²) in [5, 5.41) is 0. The molecule has 0 aliphatic carbocycles. The Balaban J connectivity index is 0.000000208. The Bertz CT molecular complexity index is 1980. The van der Waals surface area contributed by atoms with Crippen LogP contribution in [0.2, 0.25) is 0 Å². The van der Waals surface area contributed by atoms with E-state index in [1.807, 2.05) is 72.8 Å². The van der Waals surface area contributed by atoms with Crippen LogP contribution < -0.4 is 19.3 Å². The maximum atomic E-state index is 13.4. The molecule has 2 aliphatic rings. The number of nitrogens with zero attached hydrogens (tertiary/aromatic N) is 2. The Labute approximate surface area is 344 Å². The number of fused-ring (bicyclic) bond motifs is 2. The van der Waals surface area contributed by atoms with Gasteiger partial charge in [-0.1, -0.05) is 76.9 Å². The third-order valence-electron chi connectivity index (χ3n) is 10.9. The average Bonchev–Trinajstić information content (AvgIpc) is 3.32. The molecule has 0 aromatic heterocycles. The number of ether oxygens (including phenoxy) is 2. The first-order valence-electron chi connectivity index (χ1n) is 18.6. The van der Waals surface area contributed by atoms with Gasteiger partial charge in [0.1, 0.15) is 11.5 Å². The van der Waals surface area contributed by atoms with Gasteiger partial charge in [-0.05, 0) is 101 Å². The Hall–Kier alpha value is -2.81. The standard InChI is InChI=1S/C21H26BrNO3S.C21H26INO3S/c2*1-4-11-21(5-2)14-23(16-9-7-6-8-10-16)18-12-17(22)19(26-3)13-20(18)27(24,25)15-21/h2*6-10,12-13H,4-5,11,14-15H2,1-3H3. The summed E-state index contributed by atoms with van der Waals surface area (Å²) in [5.74, 6) is 1.46. The zero-order chi connectivity index (χ0) is 39.3. The predicted octanol–water partition coefficient (Wildman–Crippen LogP) is 11.0. The summed E-state index contributed by atoms with van der Waals surface area (Å²) >= 11 is 5.74. The third kappa shape index (κ3) is 8.92. The Morgan fingerprint density at radius 2 is 1.06 bits per heavy atom. The average molecular weight is 952 g/mol. The van der Waals surface area contributed by atoms with Gasteiger partial charge in [0.2, 0.25) is 0 Å². The van der Waals surface area contributed by atoms with Crippen molar-refractivity contribution in [2.24, 2.45) is 10.8 Å². The Morgan fingerprint density at radius 1 is 0.648 bits per heavy atom. The first kappa shape index (κ1) is 42.3. The summed E-state index contributed by atoms with van der Waals surface area (Å²) < 4.78 is 66.1. The van der Waals surface area contributed by atoms with Crippen LogP contribution in [0.25, 0.3) is 0 Å². The number of halogens is 2. The molecule has 12 heteroatoms. The molecule has 8 nitrogen and oxygen atoms in total. The van der Waals surface area contributed by atoms with Crippen LogP contribution in [0.5, 0.6) is 11.5 Å². The van der Waals surface area contributed by atoms with E-state index in [9.17, 15) is 16.8 Å². The third-order valence-corrected chi connectivity index (χ3v) is 16.3. The fourth-order valence-corrected chi connectivity index (χ4v) is 13.5. The van der Waals surface area contributed by atoms with E-state index in [2.05, 4.69) is 76.0 Å². The van der Waals surface area contributed by atoms with Crippen LogP contribution in [0.1, 0.15) is 66.2 Å². The molecule has 4 aromatic carbocycles. The van der Waals surface area contributed by atoms with Crippen molar-refractivity contribution in [2.45, 2.75) is 76.0 Å². The molecule has 0 fully saturated rings. The lowest BCUT2D eigenvalue weighted by Crippen LogP contribution is -2.37. The van der Waals surface area contributed by atoms with Crippen LogP contribution in [0.3, 0.4) is 0 Å². The number of hydrogen-bond acceptors (Lipinski definition) is 8. The van der Waals surface area contributed by atoms with Crippen molar-refractivity contribution in [1.29, 1.82) is 0 Å². The minimum absolute atomic E-state index is 0.158. The molecule has 0 N–H and O–H groups in total. The molecule has 0 spiro atoms. The van der Waals surface area contributed by atoms with Crippen LogP contribution in [0.15, 0.2) is 99.2 Å². The van der Waals surface area contributed by atoms with Gasteiger partial charge in [-0.15, -0.1) is 0 Å². The summed E-state index contributed by atoms with van der Waals surface area (Å²) in [7, 11) is -3.76. The molecule has 292 valence electrons. The molecule has 0 saturated heterocycles. The zero-order valence-electron chi connectivity index (χ0n) is 32.1. The second-order valence-corrected chi connectivity index (χ2v) is 20.4. The minimum Gasteiger partial charge on any atom is -0.496 e. The molecule has 2 aliphatic heterocycles. The number of methoxy groups -OCH3 is 2. The molecular formula is C42H52BrIN2O6S2. The van der Waals surface area contributed by atoms with Gasteiger partial charge < -0.3 is 19.3 Å². The van der Waals surface area contributed by atoms with Crippen molar-refractivity contribution in [3.63, 3.8) is 0 Å². The SMILES string of the molecule is CCCC1(CC)CN(c2ccccc2)c2cc(Br)c(OC)cc2S(=O)(=O)C1.CCCC1(CC)CN(c2ccccc2)c2cc(I)c(OC)cc2S(=O)(=O)C1. The predicted molar refractivity (Wildman–Crippen MR) is 233 cm³/mol. The highest BCUT2D eigenvalue weighted by Gasteiger charge is 2.43. The lowest BCUT2D eigenvalue weighted by Gasteiger charge is -2.36. The van der Waals surface area contributed by atoms with E-state index < -0.39 is 19.7 Å². The van der Waals surface area contributed by atoms with E-state index in [0.29, 0.717) is 40.1 Å². The van der Waals surface area contributed by atoms with Crippen molar-refractivity contribution in [1.82, 2.24) is 0 Å². The molecule has 0 radical (unpaired) electrons. The Kier molecular flexibility index (Phi) is 13.8. The van der Waals surface area contributed by atoms with E-state index in [4.69, 9.17) is 9.47 Å². The molecule has 4 aromatic rings. The van der Waals surface area contributed by atoms with Crippen LogP contribution >= 0.6 is 38.5 Å². The van der Waals surface area contributed by atoms with Crippen molar-refractivity contribution in [3.8, 4) is 11.5 Å². The van der Waals surface area contributed by atoms with E-state index in [-0.39, 0.29) is 22.3 Å². The summed E-state index contributed by atoms with van der Waals surface area (Å²) in [4.78, 5) is 5.05. The monoisotopic (exact) mass is 950 g/mol. The number of rotatable bonds is 10. The normalized spacial score (nSPS) is 21.4. The summed E-state index contributed by atoms with van der Waals surface area (Å²) in [5.41, 5.74) is 2.91. The smallest absolute Gasteiger partial charge is 0.181 e. The second kappa shape index (κ2) is 17.5. The van der Waals surface area contributed by atoms with Crippen molar-refractivity contribution >= 4 is 80.9 Å². The zero-order valence-corrected chi connectivity index (χ0v) is 37.4. The van der Waals surface area contributed by atoms with E-state index in [0.717, 1.165) is 63.6 Å². The van der Waals surface area contributed by atoms with E-state index in [1.165, 1.54) is 0 Å². The molecule has 2 heterocycles. The summed E-state index contributed by atoms with van der Waals surface area (Å²) in [6.07, 6.45) is 5.31. The highest BCUT2D eigenvalue weighted by atomic mass is 127. The van der Waals surface area contributed by atoms with Crippen molar-refractivity contribution < 1.29 is 26.3 Å². The molecule has 6 rings (SSSR count). The lowest BCUT2D eigenvalue weighted by atomic mass is 9.82. The molecule has 2 atom stereocenters. The summed E-state index contributed by atoms with van der Waals surface area (Å²) in [6, 6.07) is 27.2. The van der Waals surface area contributed by atoms with Crippen LogP contribution in [-0.4, -0.2) is 55.7 Å². The fourth-order valence-electron chi connectivity index (χ4n) is 8.00. The first-order chi connectivity index (χ1) is 25.7. The summed E-state index contributed by atoms with van der Waals surface area (Å²) in [6.45, 7) is 9.81. The molecule has 0 saturated carbocycles. The minimum atomic E-state index is -3.45. The van der Waals surface area contributed by atoms with Gasteiger partial charge in [0.15, 0.2) is 19.7 Å². The maximum absolute atomic E-state index is 13.4. The first-order valence-corrected chi connectivity index (χ1v) is 23.7. The highest BCUT2D eigenvalue weighted by Crippen LogP contribution is 2.48. The van der Waals surface area contributed by atoms with Gasteiger partial charge in [-0.3, -0.25) is 0 Å². The molecule has 2 unspecified atom stereocenters. The number of para-hydroxylation sites is 2. The molecule has 0 bridgehead atoms. The number of anilines is 4. The van der Waals surface area contributed by atoms with Gasteiger partial charge in [0.25, 0.3) is 0 Å². The van der Waals surface area contributed by atoms with Crippen molar-refractivity contribution in [3.05, 3.63) is 93.0 Å². The lowest BCUT2D eigenvalue weighted by molar-refractivity contribution is 0.296. The largest absolute Gasteiger partial charge is 0.496 e. The number of benzene rings is 4.